The minimum Gasteiger partial charge on any atom is -0.354 e. The molecule has 0 spiro atoms. The van der Waals surface area contributed by atoms with E-state index < -0.39 is 12.7 Å². The fourth-order valence-corrected chi connectivity index (χ4v) is 2.83. The van der Waals surface area contributed by atoms with E-state index in [1.54, 1.807) is 0 Å². The van der Waals surface area contributed by atoms with E-state index in [1.807, 2.05) is 30.5 Å². The highest BCUT2D eigenvalue weighted by atomic mass is 19.1. The average molecular weight is 314 g/mol. The van der Waals surface area contributed by atoms with Crippen LogP contribution in [0.3, 0.4) is 0 Å². The van der Waals surface area contributed by atoms with E-state index in [-0.39, 0.29) is 0 Å². The normalized spacial score (nSPS) is 16.3. The van der Waals surface area contributed by atoms with E-state index in [9.17, 15) is 4.39 Å². The Morgan fingerprint density at radius 3 is 2.39 bits per heavy atom. The molecule has 1 unspecified atom stereocenters. The summed E-state index contributed by atoms with van der Waals surface area (Å²) in [4.78, 5) is 6.88. The molecular weight excluding hydrogens is 291 g/mol. The lowest BCUT2D eigenvalue weighted by Crippen LogP contribution is -2.43. The molecule has 1 atom stereocenters. The summed E-state index contributed by atoms with van der Waals surface area (Å²) in [5.74, 6) is 1.03. The summed E-state index contributed by atoms with van der Waals surface area (Å²) in [6, 6.07) is 11.9. The lowest BCUT2D eigenvalue weighted by molar-refractivity contribution is 0.427. The third-order valence-corrected chi connectivity index (χ3v) is 4.17. The Balaban J connectivity index is 1.69. The van der Waals surface area contributed by atoms with Gasteiger partial charge in [0, 0.05) is 44.0 Å². The molecule has 122 valence electrons. The first-order chi connectivity index (χ1) is 11.3. The van der Waals surface area contributed by atoms with Gasteiger partial charge in [-0.2, -0.15) is 0 Å². The number of benzene rings is 1. The quantitative estimate of drug-likeness (QED) is 0.886. The van der Waals surface area contributed by atoms with Crippen LogP contribution in [0, 0.1) is 0 Å². The van der Waals surface area contributed by atoms with Gasteiger partial charge in [0.1, 0.15) is 12.5 Å². The SMILES string of the molecule is NC(CF)Cc1ccc(-c2ccc(N3CCNCC3)nc2)cc1. The standard InChI is InChI=1S/C18H23FN4/c19-12-17(20)11-14-1-3-15(4-2-14)16-5-6-18(22-13-16)23-9-7-21-8-10-23/h1-6,13,17,21H,7-12,20H2. The summed E-state index contributed by atoms with van der Waals surface area (Å²) in [5, 5.41) is 3.34. The molecular formula is C18H23FN4. The molecule has 1 aromatic heterocycles. The molecule has 0 bridgehead atoms. The van der Waals surface area contributed by atoms with Crippen LogP contribution in [0.15, 0.2) is 42.6 Å². The predicted molar refractivity (Wildman–Crippen MR) is 92.4 cm³/mol. The molecule has 1 aromatic carbocycles. The van der Waals surface area contributed by atoms with Gasteiger partial charge in [-0.05, 0) is 29.7 Å². The zero-order valence-corrected chi connectivity index (χ0v) is 13.2. The maximum Gasteiger partial charge on any atom is 0.128 e. The number of alkyl halides is 1. The van der Waals surface area contributed by atoms with Crippen LogP contribution >= 0.6 is 0 Å². The topological polar surface area (TPSA) is 54.2 Å². The van der Waals surface area contributed by atoms with Crippen LogP contribution in [-0.4, -0.2) is 43.9 Å². The maximum absolute atomic E-state index is 12.5. The van der Waals surface area contributed by atoms with Crippen LogP contribution < -0.4 is 16.0 Å². The van der Waals surface area contributed by atoms with Crippen molar-refractivity contribution in [2.75, 3.05) is 37.8 Å². The number of aromatic nitrogens is 1. The van der Waals surface area contributed by atoms with E-state index in [0.29, 0.717) is 6.42 Å². The highest BCUT2D eigenvalue weighted by molar-refractivity contribution is 5.64. The number of halogens is 1. The van der Waals surface area contributed by atoms with Crippen LogP contribution in [0.4, 0.5) is 10.2 Å². The number of hydrogen-bond acceptors (Lipinski definition) is 4. The number of nitrogens with two attached hydrogens (primary N) is 1. The van der Waals surface area contributed by atoms with Gasteiger partial charge < -0.3 is 16.0 Å². The van der Waals surface area contributed by atoms with Crippen molar-refractivity contribution in [3.63, 3.8) is 0 Å². The minimum atomic E-state index is -0.487. The Kier molecular flexibility index (Phi) is 5.20. The van der Waals surface area contributed by atoms with E-state index in [0.717, 1.165) is 48.7 Å². The van der Waals surface area contributed by atoms with E-state index >= 15 is 0 Å². The molecule has 0 amide bonds. The van der Waals surface area contributed by atoms with Crippen molar-refractivity contribution in [2.24, 2.45) is 5.73 Å². The van der Waals surface area contributed by atoms with Crippen molar-refractivity contribution in [2.45, 2.75) is 12.5 Å². The van der Waals surface area contributed by atoms with Gasteiger partial charge in [0.2, 0.25) is 0 Å². The number of hydrogen-bond donors (Lipinski definition) is 2. The molecule has 2 heterocycles. The lowest BCUT2D eigenvalue weighted by Gasteiger charge is -2.28. The molecule has 5 heteroatoms. The summed E-state index contributed by atoms with van der Waals surface area (Å²) in [5.41, 5.74) is 8.91. The zero-order chi connectivity index (χ0) is 16.1. The molecule has 0 saturated carbocycles. The van der Waals surface area contributed by atoms with Crippen molar-refractivity contribution in [1.82, 2.24) is 10.3 Å². The summed E-state index contributed by atoms with van der Waals surface area (Å²) in [6.07, 6.45) is 2.48. The van der Waals surface area contributed by atoms with E-state index in [2.05, 4.69) is 27.3 Å². The molecule has 0 radical (unpaired) electrons. The smallest absolute Gasteiger partial charge is 0.128 e. The van der Waals surface area contributed by atoms with Crippen molar-refractivity contribution < 1.29 is 4.39 Å². The summed E-state index contributed by atoms with van der Waals surface area (Å²) >= 11 is 0. The first-order valence-corrected chi connectivity index (χ1v) is 8.09. The van der Waals surface area contributed by atoms with Crippen LogP contribution in [0.2, 0.25) is 0 Å². The molecule has 3 N–H and O–H groups in total. The van der Waals surface area contributed by atoms with Crippen LogP contribution in [0.1, 0.15) is 5.56 Å². The third kappa shape index (κ3) is 4.06. The van der Waals surface area contributed by atoms with Gasteiger partial charge in [-0.15, -0.1) is 0 Å². The van der Waals surface area contributed by atoms with Gasteiger partial charge in [-0.1, -0.05) is 24.3 Å². The number of piperazine rings is 1. The Hall–Kier alpha value is -1.98. The van der Waals surface area contributed by atoms with Crippen molar-refractivity contribution in [3.8, 4) is 11.1 Å². The van der Waals surface area contributed by atoms with Gasteiger partial charge in [-0.3, -0.25) is 0 Å². The zero-order valence-electron chi connectivity index (χ0n) is 13.2. The second-order valence-corrected chi connectivity index (χ2v) is 5.96. The number of nitrogens with one attached hydrogen (secondary N) is 1. The fourth-order valence-electron chi connectivity index (χ4n) is 2.83. The van der Waals surface area contributed by atoms with Gasteiger partial charge in [0.25, 0.3) is 0 Å². The largest absolute Gasteiger partial charge is 0.354 e. The molecule has 4 nitrogen and oxygen atoms in total. The Labute approximate surface area is 136 Å². The van der Waals surface area contributed by atoms with E-state index in [4.69, 9.17) is 5.73 Å². The molecule has 1 fully saturated rings. The lowest BCUT2D eigenvalue weighted by atomic mass is 10.0. The molecule has 1 saturated heterocycles. The first-order valence-electron chi connectivity index (χ1n) is 8.09. The highest BCUT2D eigenvalue weighted by Crippen LogP contribution is 2.22. The van der Waals surface area contributed by atoms with Gasteiger partial charge >= 0.3 is 0 Å². The molecule has 3 rings (SSSR count). The first kappa shape index (κ1) is 15.9. The van der Waals surface area contributed by atoms with E-state index in [1.165, 1.54) is 0 Å². The minimum absolute atomic E-state index is 0.416. The average Bonchev–Trinajstić information content (AvgIpc) is 2.63. The monoisotopic (exact) mass is 314 g/mol. The Morgan fingerprint density at radius 2 is 1.78 bits per heavy atom. The number of pyridine rings is 1. The molecule has 1 aliphatic heterocycles. The second kappa shape index (κ2) is 7.53. The molecule has 1 aliphatic rings. The van der Waals surface area contributed by atoms with Crippen LogP contribution in [0.25, 0.3) is 11.1 Å². The predicted octanol–water partition coefficient (Wildman–Crippen LogP) is 2.00. The molecule has 2 aromatic rings. The fraction of sp³-hybridized carbons (Fsp3) is 0.389. The summed E-state index contributed by atoms with van der Waals surface area (Å²) in [7, 11) is 0. The van der Waals surface area contributed by atoms with Gasteiger partial charge in [0.15, 0.2) is 0 Å². The highest BCUT2D eigenvalue weighted by Gasteiger charge is 2.11. The van der Waals surface area contributed by atoms with Crippen molar-refractivity contribution in [3.05, 3.63) is 48.2 Å². The second-order valence-electron chi connectivity index (χ2n) is 5.96. The maximum atomic E-state index is 12.5. The van der Waals surface area contributed by atoms with Gasteiger partial charge in [0.05, 0.1) is 0 Å². The molecule has 23 heavy (non-hydrogen) atoms. The Morgan fingerprint density at radius 1 is 1.09 bits per heavy atom. The Bertz CT molecular complexity index is 606. The van der Waals surface area contributed by atoms with Gasteiger partial charge in [-0.25, -0.2) is 9.37 Å². The molecule has 0 aliphatic carbocycles. The van der Waals surface area contributed by atoms with Crippen LogP contribution in [-0.2, 0) is 6.42 Å². The summed E-state index contributed by atoms with van der Waals surface area (Å²) < 4.78 is 12.5. The van der Waals surface area contributed by atoms with Crippen LogP contribution in [0.5, 0.6) is 0 Å². The summed E-state index contributed by atoms with van der Waals surface area (Å²) in [6.45, 7) is 3.52. The van der Waals surface area contributed by atoms with Crippen molar-refractivity contribution >= 4 is 5.82 Å². The number of anilines is 1. The number of nitrogens with zero attached hydrogens (tertiary/aromatic N) is 2. The third-order valence-electron chi connectivity index (χ3n) is 4.17. The number of rotatable bonds is 5. The van der Waals surface area contributed by atoms with Crippen molar-refractivity contribution in [1.29, 1.82) is 0 Å².